The zero-order valence-electron chi connectivity index (χ0n) is 31.5. The van der Waals surface area contributed by atoms with Crippen molar-refractivity contribution in [2.24, 2.45) is 23.7 Å². The Kier molecular flexibility index (Phi) is 14.1. The number of fused-ring (bicyclic) bond motifs is 2. The predicted molar refractivity (Wildman–Crippen MR) is 221 cm³/mol. The third kappa shape index (κ3) is 10.7. The molecule has 1 aromatic carbocycles. The summed E-state index contributed by atoms with van der Waals surface area (Å²) in [6.07, 6.45) is 0.205. The summed E-state index contributed by atoms with van der Waals surface area (Å²) >= 11 is 5.62. The number of amides is 5. The largest absolute Gasteiger partial charge is 0.449 e. The number of hydrogen-bond donors (Lipinski definition) is 8. The molecule has 22 heteroatoms. The molecule has 5 fully saturated rings. The van der Waals surface area contributed by atoms with Crippen LogP contribution >= 0.6 is 47.0 Å². The van der Waals surface area contributed by atoms with Crippen LogP contribution in [0.25, 0.3) is 0 Å². The van der Waals surface area contributed by atoms with Gasteiger partial charge in [0.05, 0.1) is 35.3 Å². The minimum absolute atomic E-state index is 0.0229. The van der Waals surface area contributed by atoms with E-state index in [1.807, 2.05) is 18.2 Å². The molecule has 0 bridgehead atoms. The van der Waals surface area contributed by atoms with Crippen LogP contribution < -0.4 is 41.9 Å². The van der Waals surface area contributed by atoms with E-state index < -0.39 is 67.4 Å². The van der Waals surface area contributed by atoms with E-state index >= 15 is 0 Å². The standard InChI is InChI=1S/C35H50N8O9S5/c1-17(2)52-34(48)42-28(45)21-12-26(55-31(21)43-57(49,50)35-39-22-5-3-4-6-24(22)56-35)19-11-18(13-37-14-19)16-51-33(47)41-27(44)20-8-10-53-30(20)40-29(46)32-38-23-15-36-9-7-25(23)54-32/h3-6,17-21,23,25-26,30-32,35-39,43H,7-16H2,1-2H3,(H,40,46)(H,41,44,47)(H,42,45,48). The summed E-state index contributed by atoms with van der Waals surface area (Å²) in [6.45, 7) is 6.25. The van der Waals surface area contributed by atoms with Crippen molar-refractivity contribution in [3.8, 4) is 0 Å². The summed E-state index contributed by atoms with van der Waals surface area (Å²) in [6, 6.07) is 7.51. The summed E-state index contributed by atoms with van der Waals surface area (Å²) in [7, 11) is -3.99. The Morgan fingerprint density at radius 2 is 1.67 bits per heavy atom. The third-order valence-electron chi connectivity index (χ3n) is 10.8. The molecule has 5 amide bonds. The number of benzene rings is 1. The first-order valence-electron chi connectivity index (χ1n) is 19.3. The molecule has 8 N–H and O–H groups in total. The summed E-state index contributed by atoms with van der Waals surface area (Å²) < 4.78 is 39.7. The van der Waals surface area contributed by atoms with E-state index in [4.69, 9.17) is 9.47 Å². The van der Waals surface area contributed by atoms with Gasteiger partial charge in [-0.05, 0) is 76.4 Å². The number of imide groups is 2. The molecule has 17 nitrogen and oxygen atoms in total. The van der Waals surface area contributed by atoms with Gasteiger partial charge in [-0.15, -0.1) is 35.3 Å². The Bertz CT molecular complexity index is 1760. The van der Waals surface area contributed by atoms with Gasteiger partial charge in [-0.25, -0.2) is 18.0 Å². The van der Waals surface area contributed by atoms with E-state index in [1.54, 1.807) is 31.7 Å². The molecule has 57 heavy (non-hydrogen) atoms. The number of rotatable bonds is 11. The van der Waals surface area contributed by atoms with Crippen LogP contribution in [-0.4, -0.2) is 120 Å². The molecule has 6 aliphatic rings. The molecular formula is C35H50N8O9S5. The zero-order valence-corrected chi connectivity index (χ0v) is 35.6. The van der Waals surface area contributed by atoms with Gasteiger partial charge < -0.3 is 30.7 Å². The Balaban J connectivity index is 0.906. The molecule has 314 valence electrons. The van der Waals surface area contributed by atoms with Crippen molar-refractivity contribution in [2.45, 2.75) is 87.9 Å². The lowest BCUT2D eigenvalue weighted by Crippen LogP contribution is -2.51. The molecule has 1 aromatic rings. The Hall–Kier alpha value is -2.44. The van der Waals surface area contributed by atoms with Crippen molar-refractivity contribution < 1.29 is 41.9 Å². The van der Waals surface area contributed by atoms with E-state index in [1.165, 1.54) is 35.3 Å². The van der Waals surface area contributed by atoms with Crippen LogP contribution in [0.1, 0.15) is 39.5 Å². The quantitative estimate of drug-likeness (QED) is 0.158. The van der Waals surface area contributed by atoms with Crippen LogP contribution in [-0.2, 0) is 33.9 Å². The lowest BCUT2D eigenvalue weighted by Gasteiger charge is -2.33. The number of nitrogens with one attached hydrogen (secondary N) is 8. The Morgan fingerprint density at radius 1 is 0.877 bits per heavy atom. The molecule has 11 unspecified atom stereocenters. The molecule has 7 rings (SSSR count). The Labute approximate surface area is 349 Å². The molecule has 0 spiro atoms. The fourth-order valence-corrected chi connectivity index (χ4v) is 15.6. The van der Waals surface area contributed by atoms with Crippen LogP contribution in [0.4, 0.5) is 15.3 Å². The van der Waals surface area contributed by atoms with Gasteiger partial charge in [-0.3, -0.25) is 30.3 Å². The molecule has 0 aromatic heterocycles. The first-order chi connectivity index (χ1) is 27.3. The lowest BCUT2D eigenvalue weighted by molar-refractivity contribution is -0.126. The number of carbonyl (C=O) groups excluding carboxylic acids is 5. The second-order valence-electron chi connectivity index (χ2n) is 15.3. The fourth-order valence-electron chi connectivity index (χ4n) is 7.96. The van der Waals surface area contributed by atoms with Crippen molar-refractivity contribution in [2.75, 3.05) is 43.9 Å². The second kappa shape index (κ2) is 18.9. The molecule has 6 heterocycles. The summed E-state index contributed by atoms with van der Waals surface area (Å²) in [5.41, 5.74) is 0.706. The van der Waals surface area contributed by atoms with Gasteiger partial charge in [0.25, 0.3) is 0 Å². The van der Waals surface area contributed by atoms with Crippen LogP contribution in [0.3, 0.4) is 0 Å². The predicted octanol–water partition coefficient (Wildman–Crippen LogP) is 1.58. The van der Waals surface area contributed by atoms with E-state index in [2.05, 4.69) is 41.9 Å². The number of piperidine rings is 2. The monoisotopic (exact) mass is 886 g/mol. The number of carbonyl (C=O) groups is 5. The topological polar surface area (TPSA) is 234 Å². The highest BCUT2D eigenvalue weighted by Gasteiger charge is 2.47. The minimum atomic E-state index is -3.99. The SMILES string of the molecule is CC(C)OC(=O)NC(=O)C1CC(C2CNCC(COC(=O)NC(=O)C3CCSC3NC(=O)C3NC4CNCCC4S3)C2)SC1NS(=O)(=O)C1Nc2ccccc2S1. The van der Waals surface area contributed by atoms with Gasteiger partial charge in [0, 0.05) is 46.1 Å². The van der Waals surface area contributed by atoms with Gasteiger partial charge in [0.1, 0.15) is 5.37 Å². The number of hydrogen-bond acceptors (Lipinski definition) is 17. The number of sulfonamides is 1. The molecule has 0 saturated carbocycles. The van der Waals surface area contributed by atoms with Crippen LogP contribution in [0.5, 0.6) is 0 Å². The zero-order chi connectivity index (χ0) is 40.3. The van der Waals surface area contributed by atoms with Gasteiger partial charge in [0.2, 0.25) is 27.7 Å². The summed E-state index contributed by atoms with van der Waals surface area (Å²) in [5, 5.41) is 19.3. The third-order valence-corrected chi connectivity index (χ3v) is 18.6. The number of thioether (sulfide) groups is 4. The molecule has 11 atom stereocenters. The molecule has 0 aliphatic carbocycles. The van der Waals surface area contributed by atoms with Gasteiger partial charge in [0.15, 0.2) is 4.71 Å². The number of para-hydroxylation sites is 1. The van der Waals surface area contributed by atoms with E-state index in [0.29, 0.717) is 49.0 Å². The highest BCUT2D eigenvalue weighted by Crippen LogP contribution is 2.45. The molecule has 5 saturated heterocycles. The van der Waals surface area contributed by atoms with E-state index in [-0.39, 0.29) is 41.0 Å². The second-order valence-corrected chi connectivity index (χ2v) is 22.5. The highest BCUT2D eigenvalue weighted by atomic mass is 32.3. The lowest BCUT2D eigenvalue weighted by atomic mass is 9.85. The molecular weight excluding hydrogens is 837 g/mol. The van der Waals surface area contributed by atoms with Crippen molar-refractivity contribution in [3.05, 3.63) is 24.3 Å². The maximum absolute atomic E-state index is 13.7. The van der Waals surface area contributed by atoms with Crippen molar-refractivity contribution in [1.82, 2.24) is 36.6 Å². The van der Waals surface area contributed by atoms with Crippen LogP contribution in [0.15, 0.2) is 29.2 Å². The van der Waals surface area contributed by atoms with E-state index in [9.17, 15) is 32.4 Å². The smallest absolute Gasteiger partial charge is 0.414 e. The first kappa shape index (κ1) is 42.7. The van der Waals surface area contributed by atoms with Crippen molar-refractivity contribution in [1.29, 1.82) is 0 Å². The van der Waals surface area contributed by atoms with Crippen LogP contribution in [0.2, 0.25) is 0 Å². The van der Waals surface area contributed by atoms with Crippen molar-refractivity contribution in [3.63, 3.8) is 0 Å². The average molecular weight is 887 g/mol. The summed E-state index contributed by atoms with van der Waals surface area (Å²) in [5.74, 6) is -2.19. The molecule has 0 radical (unpaired) electrons. The fraction of sp³-hybridized carbons (Fsp3) is 0.686. The summed E-state index contributed by atoms with van der Waals surface area (Å²) in [4.78, 5) is 65.8. The maximum atomic E-state index is 13.7. The highest BCUT2D eigenvalue weighted by molar-refractivity contribution is 8.13. The van der Waals surface area contributed by atoms with E-state index in [0.717, 1.165) is 24.4 Å². The molecule has 6 aliphatic heterocycles. The maximum Gasteiger partial charge on any atom is 0.414 e. The van der Waals surface area contributed by atoms with Crippen LogP contribution in [0, 0.1) is 23.7 Å². The van der Waals surface area contributed by atoms with Gasteiger partial charge >= 0.3 is 12.2 Å². The first-order valence-corrected chi connectivity index (χ1v) is 24.6. The van der Waals surface area contributed by atoms with Crippen molar-refractivity contribution >= 4 is 92.7 Å². The normalized spacial score (nSPS) is 33.4. The average Bonchev–Trinajstić information content (AvgIpc) is 3.99. The van der Waals surface area contributed by atoms with Gasteiger partial charge in [-0.1, -0.05) is 23.9 Å². The minimum Gasteiger partial charge on any atom is -0.449 e. The van der Waals surface area contributed by atoms with Gasteiger partial charge in [-0.2, -0.15) is 4.72 Å². The number of alkyl carbamates (subject to hydrolysis) is 2. The number of ether oxygens (including phenoxy) is 2. The Morgan fingerprint density at radius 3 is 2.46 bits per heavy atom. The number of anilines is 1.